The summed E-state index contributed by atoms with van der Waals surface area (Å²) in [6.07, 6.45) is 1.44. The molecule has 1 saturated heterocycles. The number of ether oxygens (including phenoxy) is 1. The number of benzene rings is 2. The van der Waals surface area contributed by atoms with Gasteiger partial charge in [-0.25, -0.2) is 0 Å². The number of anilines is 2. The standard InChI is InChI=1S/C18H17ClN2O3/c19-15-7-1-2-8-16(15)20-17(22)12-24-14-6-3-5-13(11-14)21-10-4-9-18(21)23/h1-3,5-8,11H,4,9-10,12H2,(H,20,22). The molecule has 0 spiro atoms. The number of carbonyl (C=O) groups excluding carboxylic acids is 2. The van der Waals surface area contributed by atoms with E-state index in [0.29, 0.717) is 22.9 Å². The third kappa shape index (κ3) is 3.86. The number of nitrogens with one attached hydrogen (secondary N) is 1. The molecule has 6 heteroatoms. The minimum Gasteiger partial charge on any atom is -0.484 e. The SMILES string of the molecule is O=C(COc1cccc(N2CCCC2=O)c1)Nc1ccccc1Cl. The molecule has 24 heavy (non-hydrogen) atoms. The number of carbonyl (C=O) groups is 2. The fraction of sp³-hybridized carbons (Fsp3) is 0.222. The highest BCUT2D eigenvalue weighted by Gasteiger charge is 2.21. The summed E-state index contributed by atoms with van der Waals surface area (Å²) in [5.41, 5.74) is 1.34. The fourth-order valence-electron chi connectivity index (χ4n) is 2.56. The summed E-state index contributed by atoms with van der Waals surface area (Å²) in [6.45, 7) is 0.581. The van der Waals surface area contributed by atoms with Gasteiger partial charge in [0.25, 0.3) is 5.91 Å². The van der Waals surface area contributed by atoms with Crippen LogP contribution in [0.1, 0.15) is 12.8 Å². The Balaban J connectivity index is 1.59. The summed E-state index contributed by atoms with van der Waals surface area (Å²) in [6, 6.07) is 14.2. The number of amides is 2. The first kappa shape index (κ1) is 16.3. The van der Waals surface area contributed by atoms with E-state index in [0.717, 1.165) is 18.7 Å². The molecule has 124 valence electrons. The van der Waals surface area contributed by atoms with Gasteiger partial charge in [-0.15, -0.1) is 0 Å². The van der Waals surface area contributed by atoms with Crippen LogP contribution in [-0.2, 0) is 9.59 Å². The van der Waals surface area contributed by atoms with E-state index in [2.05, 4.69) is 5.32 Å². The Morgan fingerprint density at radius 3 is 2.79 bits per heavy atom. The zero-order valence-electron chi connectivity index (χ0n) is 13.0. The molecule has 2 aromatic rings. The molecule has 1 heterocycles. The van der Waals surface area contributed by atoms with Gasteiger partial charge in [0.2, 0.25) is 5.91 Å². The van der Waals surface area contributed by atoms with Crippen molar-refractivity contribution in [1.29, 1.82) is 0 Å². The molecule has 1 aliphatic rings. The smallest absolute Gasteiger partial charge is 0.262 e. The van der Waals surface area contributed by atoms with Gasteiger partial charge in [-0.3, -0.25) is 9.59 Å². The van der Waals surface area contributed by atoms with Crippen LogP contribution in [0, 0.1) is 0 Å². The summed E-state index contributed by atoms with van der Waals surface area (Å²) < 4.78 is 5.52. The lowest BCUT2D eigenvalue weighted by molar-refractivity contribution is -0.118. The van der Waals surface area contributed by atoms with Crippen molar-refractivity contribution < 1.29 is 14.3 Å². The third-order valence-corrected chi connectivity index (χ3v) is 4.05. The van der Waals surface area contributed by atoms with Crippen LogP contribution >= 0.6 is 11.6 Å². The van der Waals surface area contributed by atoms with Crippen molar-refractivity contribution in [3.05, 3.63) is 53.6 Å². The zero-order valence-corrected chi connectivity index (χ0v) is 13.8. The maximum atomic E-state index is 12.0. The molecule has 0 bridgehead atoms. The summed E-state index contributed by atoms with van der Waals surface area (Å²) >= 11 is 6.00. The Labute approximate surface area is 145 Å². The Morgan fingerprint density at radius 1 is 1.21 bits per heavy atom. The second-order valence-electron chi connectivity index (χ2n) is 5.46. The van der Waals surface area contributed by atoms with Gasteiger partial charge < -0.3 is 15.0 Å². The minimum absolute atomic E-state index is 0.114. The van der Waals surface area contributed by atoms with Crippen molar-refractivity contribution in [2.24, 2.45) is 0 Å². The molecule has 0 saturated carbocycles. The molecule has 0 atom stereocenters. The molecule has 0 radical (unpaired) electrons. The van der Waals surface area contributed by atoms with Gasteiger partial charge in [0.1, 0.15) is 5.75 Å². The van der Waals surface area contributed by atoms with Crippen LogP contribution in [0.2, 0.25) is 5.02 Å². The average Bonchev–Trinajstić information content (AvgIpc) is 3.01. The van der Waals surface area contributed by atoms with E-state index in [1.165, 1.54) is 0 Å². The van der Waals surface area contributed by atoms with Crippen molar-refractivity contribution in [3.63, 3.8) is 0 Å². The number of hydrogen-bond acceptors (Lipinski definition) is 3. The summed E-state index contributed by atoms with van der Waals surface area (Å²) in [4.78, 5) is 25.5. The van der Waals surface area contributed by atoms with Crippen LogP contribution < -0.4 is 15.0 Å². The Morgan fingerprint density at radius 2 is 2.04 bits per heavy atom. The molecule has 3 rings (SSSR count). The Hall–Kier alpha value is -2.53. The van der Waals surface area contributed by atoms with E-state index in [1.54, 1.807) is 41.3 Å². The van der Waals surface area contributed by atoms with E-state index in [-0.39, 0.29) is 18.4 Å². The number of halogens is 1. The Kier molecular flexibility index (Phi) is 5.01. The lowest BCUT2D eigenvalue weighted by Gasteiger charge is -2.16. The van der Waals surface area contributed by atoms with E-state index < -0.39 is 0 Å². The Bertz CT molecular complexity index is 763. The molecule has 1 N–H and O–H groups in total. The second kappa shape index (κ2) is 7.36. The monoisotopic (exact) mass is 344 g/mol. The third-order valence-electron chi connectivity index (χ3n) is 3.72. The molecule has 0 unspecified atom stereocenters. The highest BCUT2D eigenvalue weighted by atomic mass is 35.5. The molecule has 2 amide bonds. The van der Waals surface area contributed by atoms with Crippen LogP contribution in [0.5, 0.6) is 5.75 Å². The number of hydrogen-bond donors (Lipinski definition) is 1. The van der Waals surface area contributed by atoms with Crippen LogP contribution in [0.15, 0.2) is 48.5 Å². The van der Waals surface area contributed by atoms with Crippen molar-refractivity contribution in [2.75, 3.05) is 23.4 Å². The van der Waals surface area contributed by atoms with Crippen LogP contribution in [0.25, 0.3) is 0 Å². The maximum Gasteiger partial charge on any atom is 0.262 e. The second-order valence-corrected chi connectivity index (χ2v) is 5.87. The molecule has 2 aromatic carbocycles. The summed E-state index contributed by atoms with van der Waals surface area (Å²) in [5, 5.41) is 3.17. The first-order valence-electron chi connectivity index (χ1n) is 7.71. The van der Waals surface area contributed by atoms with Gasteiger partial charge in [0.05, 0.1) is 10.7 Å². The molecule has 1 aliphatic heterocycles. The van der Waals surface area contributed by atoms with Crippen LogP contribution in [-0.4, -0.2) is 25.0 Å². The van der Waals surface area contributed by atoms with Crippen molar-refractivity contribution in [3.8, 4) is 5.75 Å². The van der Waals surface area contributed by atoms with E-state index >= 15 is 0 Å². The van der Waals surface area contributed by atoms with Gasteiger partial charge in [-0.05, 0) is 30.7 Å². The number of para-hydroxylation sites is 1. The van der Waals surface area contributed by atoms with Crippen LogP contribution in [0.3, 0.4) is 0 Å². The molecule has 5 nitrogen and oxygen atoms in total. The first-order chi connectivity index (χ1) is 11.6. The lowest BCUT2D eigenvalue weighted by atomic mass is 10.3. The summed E-state index contributed by atoms with van der Waals surface area (Å²) in [5.74, 6) is 0.357. The van der Waals surface area contributed by atoms with Gasteiger partial charge >= 0.3 is 0 Å². The van der Waals surface area contributed by atoms with E-state index in [1.807, 2.05) is 12.1 Å². The number of nitrogens with zero attached hydrogens (tertiary/aromatic N) is 1. The van der Waals surface area contributed by atoms with E-state index in [9.17, 15) is 9.59 Å². The van der Waals surface area contributed by atoms with Gasteiger partial charge in [0.15, 0.2) is 6.61 Å². The van der Waals surface area contributed by atoms with E-state index in [4.69, 9.17) is 16.3 Å². The molecule has 0 aromatic heterocycles. The molecular weight excluding hydrogens is 328 g/mol. The summed E-state index contributed by atoms with van der Waals surface area (Å²) in [7, 11) is 0. The average molecular weight is 345 g/mol. The highest BCUT2D eigenvalue weighted by molar-refractivity contribution is 6.33. The normalized spacial score (nSPS) is 13.9. The largest absolute Gasteiger partial charge is 0.484 e. The molecule has 0 aliphatic carbocycles. The van der Waals surface area contributed by atoms with Gasteiger partial charge in [-0.1, -0.05) is 29.8 Å². The lowest BCUT2D eigenvalue weighted by Crippen LogP contribution is -2.24. The number of rotatable bonds is 5. The van der Waals surface area contributed by atoms with Gasteiger partial charge in [0, 0.05) is 24.7 Å². The van der Waals surface area contributed by atoms with Gasteiger partial charge in [-0.2, -0.15) is 0 Å². The molecular formula is C18H17ClN2O3. The first-order valence-corrected chi connectivity index (χ1v) is 8.09. The zero-order chi connectivity index (χ0) is 16.9. The van der Waals surface area contributed by atoms with Crippen LogP contribution in [0.4, 0.5) is 11.4 Å². The van der Waals surface area contributed by atoms with Crippen molar-refractivity contribution >= 4 is 34.8 Å². The minimum atomic E-state index is -0.300. The van der Waals surface area contributed by atoms with Crippen molar-refractivity contribution in [1.82, 2.24) is 0 Å². The fourth-order valence-corrected chi connectivity index (χ4v) is 2.74. The van der Waals surface area contributed by atoms with Crippen molar-refractivity contribution in [2.45, 2.75) is 12.8 Å². The molecule has 1 fully saturated rings. The highest BCUT2D eigenvalue weighted by Crippen LogP contribution is 2.25. The quantitative estimate of drug-likeness (QED) is 0.903. The maximum absolute atomic E-state index is 12.0. The topological polar surface area (TPSA) is 58.6 Å². The predicted octanol–water partition coefficient (Wildman–Crippen LogP) is 3.48. The predicted molar refractivity (Wildman–Crippen MR) is 93.6 cm³/mol.